The Morgan fingerprint density at radius 2 is 1.79 bits per heavy atom. The van der Waals surface area contributed by atoms with Crippen molar-refractivity contribution in [2.24, 2.45) is 0 Å². The Morgan fingerprint density at radius 3 is 2.49 bits per heavy atom. The number of amides is 1. The van der Waals surface area contributed by atoms with Crippen LogP contribution in [0.4, 0.5) is 0 Å². The van der Waals surface area contributed by atoms with E-state index in [0.29, 0.717) is 23.5 Å². The van der Waals surface area contributed by atoms with Crippen LogP contribution in [0.2, 0.25) is 0 Å². The molecule has 5 aromatic rings. The maximum atomic E-state index is 14.3. The molecule has 1 saturated heterocycles. The molecule has 3 atom stereocenters. The third-order valence-corrected chi connectivity index (χ3v) is 8.59. The minimum Gasteiger partial charge on any atom is -0.488 e. The summed E-state index contributed by atoms with van der Waals surface area (Å²) in [7, 11) is 0. The second-order valence-corrected chi connectivity index (χ2v) is 11.7. The number of aliphatic carboxylic acids is 1. The normalized spacial score (nSPS) is 16.7. The van der Waals surface area contributed by atoms with Gasteiger partial charge in [-0.05, 0) is 59.2 Å². The van der Waals surface area contributed by atoms with E-state index in [2.05, 4.69) is 32.5 Å². The fourth-order valence-electron chi connectivity index (χ4n) is 6.22. The molecule has 3 N–H and O–H groups in total. The Kier molecular flexibility index (Phi) is 9.23. The van der Waals surface area contributed by atoms with Gasteiger partial charge in [0, 0.05) is 12.0 Å². The van der Waals surface area contributed by atoms with Crippen LogP contribution in [0, 0.1) is 0 Å². The van der Waals surface area contributed by atoms with E-state index < -0.39 is 30.1 Å². The van der Waals surface area contributed by atoms with Crippen LogP contribution in [-0.4, -0.2) is 81.8 Å². The van der Waals surface area contributed by atoms with Crippen LogP contribution in [0.5, 0.6) is 5.75 Å². The van der Waals surface area contributed by atoms with Crippen molar-refractivity contribution in [3.8, 4) is 28.3 Å². The number of H-pyrrole nitrogens is 1. The van der Waals surface area contributed by atoms with E-state index >= 15 is 0 Å². The van der Waals surface area contributed by atoms with Crippen molar-refractivity contribution in [2.75, 3.05) is 6.54 Å². The third kappa shape index (κ3) is 6.69. The SMILES string of the molecule is CCCCCCC(C(=O)N1CC(Oc2ccc(C(=O)O)cc2)CC1C(=O)O)n1cnc2cc(-c3ccccc3-c3nn[nH]n3)ccc21. The highest BCUT2D eigenvalue weighted by Gasteiger charge is 2.43. The number of carboxylic acids is 2. The van der Waals surface area contributed by atoms with Gasteiger partial charge in [0.1, 0.15) is 23.9 Å². The van der Waals surface area contributed by atoms with Crippen LogP contribution in [0.3, 0.4) is 0 Å². The van der Waals surface area contributed by atoms with Crippen molar-refractivity contribution >= 4 is 28.9 Å². The molecule has 1 aliphatic heterocycles. The van der Waals surface area contributed by atoms with E-state index in [0.717, 1.165) is 47.9 Å². The first-order valence-corrected chi connectivity index (χ1v) is 15.7. The first-order valence-electron chi connectivity index (χ1n) is 15.7. The van der Waals surface area contributed by atoms with Crippen molar-refractivity contribution < 1.29 is 29.3 Å². The number of rotatable bonds is 13. The van der Waals surface area contributed by atoms with Crippen LogP contribution in [-0.2, 0) is 9.59 Å². The molecule has 1 aliphatic rings. The molecule has 0 saturated carbocycles. The van der Waals surface area contributed by atoms with Crippen molar-refractivity contribution in [3.63, 3.8) is 0 Å². The van der Waals surface area contributed by atoms with Gasteiger partial charge in [-0.2, -0.15) is 5.21 Å². The van der Waals surface area contributed by atoms with Gasteiger partial charge in [-0.3, -0.25) is 4.79 Å². The molecule has 13 nitrogen and oxygen atoms in total. The van der Waals surface area contributed by atoms with Gasteiger partial charge >= 0.3 is 11.9 Å². The average Bonchev–Trinajstić information content (AvgIpc) is 3.85. The highest BCUT2D eigenvalue weighted by Crippen LogP contribution is 2.34. The molecule has 0 spiro atoms. The standard InChI is InChI=1S/C34H35N7O6/c1-2-3-4-5-10-29(32(42)40-19-24(18-30(40)34(45)46)47-23-14-11-21(12-15-23)33(43)44)41-20-35-27-17-22(13-16-28(27)41)25-8-6-7-9-26(25)31-36-38-39-37-31/h6-9,11-17,20,24,29-30H,2-5,10,18-19H2,1H3,(H,43,44)(H,45,46)(H,36,37,38,39). The first kappa shape index (κ1) is 31.4. The molecule has 3 unspecified atom stereocenters. The van der Waals surface area contributed by atoms with Crippen LogP contribution in [0.15, 0.2) is 73.1 Å². The number of carbonyl (C=O) groups is 3. The zero-order chi connectivity index (χ0) is 32.9. The van der Waals surface area contributed by atoms with Crippen LogP contribution < -0.4 is 4.74 Å². The number of aromatic amines is 1. The van der Waals surface area contributed by atoms with Gasteiger partial charge in [0.2, 0.25) is 11.7 Å². The lowest BCUT2D eigenvalue weighted by Gasteiger charge is -2.28. The Bertz CT molecular complexity index is 1870. The van der Waals surface area contributed by atoms with Gasteiger partial charge < -0.3 is 24.4 Å². The number of tetrazole rings is 1. The number of hydrogen-bond donors (Lipinski definition) is 3. The average molecular weight is 638 g/mol. The van der Waals surface area contributed by atoms with Crippen molar-refractivity contribution in [3.05, 3.63) is 78.6 Å². The number of carbonyl (C=O) groups excluding carboxylic acids is 1. The third-order valence-electron chi connectivity index (χ3n) is 8.59. The number of nitrogens with one attached hydrogen (secondary N) is 1. The number of unbranched alkanes of at least 4 members (excludes halogenated alkanes) is 3. The number of aromatic nitrogens is 6. The molecule has 3 heterocycles. The molecule has 0 bridgehead atoms. The highest BCUT2D eigenvalue weighted by atomic mass is 16.5. The Hall–Kier alpha value is -5.59. The second-order valence-electron chi connectivity index (χ2n) is 11.7. The maximum Gasteiger partial charge on any atom is 0.335 e. The Labute approximate surface area is 270 Å². The van der Waals surface area contributed by atoms with E-state index in [9.17, 15) is 24.6 Å². The summed E-state index contributed by atoms with van der Waals surface area (Å²) in [5, 5.41) is 33.8. The summed E-state index contributed by atoms with van der Waals surface area (Å²) in [6.45, 7) is 2.21. The number of aromatic carboxylic acids is 1. The molecule has 0 aliphatic carbocycles. The number of likely N-dealkylation sites (tertiary alicyclic amines) is 1. The molecule has 0 radical (unpaired) electrons. The first-order chi connectivity index (χ1) is 22.8. The molecule has 242 valence electrons. The lowest BCUT2D eigenvalue weighted by Crippen LogP contribution is -2.44. The Balaban J connectivity index is 1.28. The lowest BCUT2D eigenvalue weighted by molar-refractivity contribution is -0.149. The predicted octanol–water partition coefficient (Wildman–Crippen LogP) is 5.23. The van der Waals surface area contributed by atoms with E-state index in [1.807, 2.05) is 47.0 Å². The molecule has 2 aromatic heterocycles. The molecular formula is C34H35N7O6. The highest BCUT2D eigenvalue weighted by molar-refractivity contribution is 5.91. The number of fused-ring (bicyclic) bond motifs is 1. The molecule has 13 heteroatoms. The quantitative estimate of drug-likeness (QED) is 0.145. The summed E-state index contributed by atoms with van der Waals surface area (Å²) >= 11 is 0. The minimum atomic E-state index is -1.10. The zero-order valence-corrected chi connectivity index (χ0v) is 25.8. The largest absolute Gasteiger partial charge is 0.488 e. The molecular weight excluding hydrogens is 602 g/mol. The van der Waals surface area contributed by atoms with Crippen LogP contribution >= 0.6 is 0 Å². The van der Waals surface area contributed by atoms with Gasteiger partial charge in [0.15, 0.2) is 0 Å². The van der Waals surface area contributed by atoms with Gasteiger partial charge in [0.05, 0.1) is 29.5 Å². The molecule has 1 amide bonds. The number of hydrogen-bond acceptors (Lipinski definition) is 8. The zero-order valence-electron chi connectivity index (χ0n) is 25.8. The summed E-state index contributed by atoms with van der Waals surface area (Å²) in [5.74, 6) is -1.57. The predicted molar refractivity (Wildman–Crippen MR) is 172 cm³/mol. The summed E-state index contributed by atoms with van der Waals surface area (Å²) in [4.78, 5) is 44.0. The van der Waals surface area contributed by atoms with Gasteiger partial charge in [-0.1, -0.05) is 62.9 Å². The van der Waals surface area contributed by atoms with Crippen LogP contribution in [0.25, 0.3) is 33.5 Å². The van der Waals surface area contributed by atoms with Crippen molar-refractivity contribution in [1.82, 2.24) is 35.1 Å². The molecule has 1 fully saturated rings. The number of nitrogens with zero attached hydrogens (tertiary/aromatic N) is 6. The van der Waals surface area contributed by atoms with E-state index in [1.165, 1.54) is 29.2 Å². The number of ether oxygens (including phenoxy) is 1. The molecule has 6 rings (SSSR count). The topological polar surface area (TPSA) is 176 Å². The fourth-order valence-corrected chi connectivity index (χ4v) is 6.22. The van der Waals surface area contributed by atoms with E-state index in [1.54, 1.807) is 6.33 Å². The second kappa shape index (κ2) is 13.8. The lowest BCUT2D eigenvalue weighted by atomic mass is 9.98. The van der Waals surface area contributed by atoms with E-state index in [-0.39, 0.29) is 24.4 Å². The summed E-state index contributed by atoms with van der Waals surface area (Å²) < 4.78 is 7.89. The summed E-state index contributed by atoms with van der Waals surface area (Å²) in [6, 6.07) is 17.8. The molecule has 47 heavy (non-hydrogen) atoms. The number of carboxylic acid groups (broad SMARTS) is 2. The van der Waals surface area contributed by atoms with Gasteiger partial charge in [-0.15, -0.1) is 10.2 Å². The maximum absolute atomic E-state index is 14.3. The Morgan fingerprint density at radius 1 is 1.00 bits per heavy atom. The van der Waals surface area contributed by atoms with Gasteiger partial charge in [0.25, 0.3) is 0 Å². The number of benzene rings is 3. The monoisotopic (exact) mass is 637 g/mol. The van der Waals surface area contributed by atoms with E-state index in [4.69, 9.17) is 4.74 Å². The van der Waals surface area contributed by atoms with Crippen LogP contribution in [0.1, 0.15) is 61.8 Å². The molecule has 3 aromatic carbocycles. The summed E-state index contributed by atoms with van der Waals surface area (Å²) in [5.41, 5.74) is 4.19. The minimum absolute atomic E-state index is 0.0889. The van der Waals surface area contributed by atoms with Gasteiger partial charge in [-0.25, -0.2) is 14.6 Å². The summed E-state index contributed by atoms with van der Waals surface area (Å²) in [6.07, 6.45) is 5.54. The number of imidazole rings is 1. The van der Waals surface area contributed by atoms with Crippen molar-refractivity contribution in [1.29, 1.82) is 0 Å². The fraction of sp³-hybridized carbons (Fsp3) is 0.324. The van der Waals surface area contributed by atoms with Crippen molar-refractivity contribution in [2.45, 2.75) is 63.6 Å². The smallest absolute Gasteiger partial charge is 0.335 e.